The highest BCUT2D eigenvalue weighted by Gasteiger charge is 2.19. The fourth-order valence-electron chi connectivity index (χ4n) is 3.42. The first-order valence-corrected chi connectivity index (χ1v) is 11.5. The van der Waals surface area contributed by atoms with Crippen molar-refractivity contribution in [3.8, 4) is 0 Å². The van der Waals surface area contributed by atoms with Gasteiger partial charge in [0.15, 0.2) is 0 Å². The minimum atomic E-state index is -3.42. The standard InChI is InChI=1S/C23H26N2O3S/c1-18-9-3-6-14-22(18)25(29(2,27)28)16-8-15-23(26)24-17-20-12-7-11-19-10-4-5-13-21(19)20/h3-7,9-14H,8,15-17H2,1-2H3,(H,24,26). The Labute approximate surface area is 172 Å². The fourth-order valence-corrected chi connectivity index (χ4v) is 4.44. The van der Waals surface area contributed by atoms with Crippen molar-refractivity contribution in [1.82, 2.24) is 5.32 Å². The summed E-state index contributed by atoms with van der Waals surface area (Å²) in [6.07, 6.45) is 1.91. The van der Waals surface area contributed by atoms with Gasteiger partial charge < -0.3 is 5.32 Å². The molecule has 3 aromatic carbocycles. The molecule has 0 aromatic heterocycles. The molecule has 152 valence electrons. The summed E-state index contributed by atoms with van der Waals surface area (Å²) < 4.78 is 25.8. The number of amides is 1. The van der Waals surface area contributed by atoms with E-state index in [1.54, 1.807) is 6.07 Å². The van der Waals surface area contributed by atoms with Gasteiger partial charge in [0.2, 0.25) is 15.9 Å². The maximum atomic E-state index is 12.3. The quantitative estimate of drug-likeness (QED) is 0.610. The van der Waals surface area contributed by atoms with E-state index in [4.69, 9.17) is 0 Å². The van der Waals surface area contributed by atoms with Crippen LogP contribution < -0.4 is 9.62 Å². The molecule has 5 nitrogen and oxygen atoms in total. The molecule has 0 atom stereocenters. The lowest BCUT2D eigenvalue weighted by Gasteiger charge is -2.24. The van der Waals surface area contributed by atoms with Crippen molar-refractivity contribution in [2.24, 2.45) is 0 Å². The highest BCUT2D eigenvalue weighted by molar-refractivity contribution is 7.92. The van der Waals surface area contributed by atoms with Crippen molar-refractivity contribution in [2.45, 2.75) is 26.3 Å². The second kappa shape index (κ2) is 9.09. The number of fused-ring (bicyclic) bond motifs is 1. The number of nitrogens with one attached hydrogen (secondary N) is 1. The van der Waals surface area contributed by atoms with Crippen molar-refractivity contribution in [3.05, 3.63) is 77.9 Å². The molecule has 0 heterocycles. The zero-order valence-corrected chi connectivity index (χ0v) is 17.6. The summed E-state index contributed by atoms with van der Waals surface area (Å²) >= 11 is 0. The van der Waals surface area contributed by atoms with Gasteiger partial charge in [-0.1, -0.05) is 60.7 Å². The van der Waals surface area contributed by atoms with Crippen molar-refractivity contribution in [1.29, 1.82) is 0 Å². The van der Waals surface area contributed by atoms with Gasteiger partial charge in [-0.2, -0.15) is 0 Å². The van der Waals surface area contributed by atoms with Gasteiger partial charge in [-0.25, -0.2) is 8.42 Å². The summed E-state index contributed by atoms with van der Waals surface area (Å²) in [5.41, 5.74) is 2.61. The second-order valence-corrected chi connectivity index (χ2v) is 9.05. The van der Waals surface area contributed by atoms with E-state index in [2.05, 4.69) is 5.32 Å². The minimum Gasteiger partial charge on any atom is -0.352 e. The van der Waals surface area contributed by atoms with Crippen molar-refractivity contribution in [3.63, 3.8) is 0 Å². The highest BCUT2D eigenvalue weighted by Crippen LogP contribution is 2.22. The van der Waals surface area contributed by atoms with E-state index in [1.807, 2.05) is 67.6 Å². The summed E-state index contributed by atoms with van der Waals surface area (Å²) in [5, 5.41) is 5.21. The molecule has 0 aliphatic heterocycles. The van der Waals surface area contributed by atoms with Crippen LogP contribution in [-0.4, -0.2) is 27.1 Å². The van der Waals surface area contributed by atoms with Crippen molar-refractivity contribution < 1.29 is 13.2 Å². The van der Waals surface area contributed by atoms with Crippen LogP contribution in [0.5, 0.6) is 0 Å². The molecule has 0 bridgehead atoms. The number of carbonyl (C=O) groups excluding carboxylic acids is 1. The van der Waals surface area contributed by atoms with Crippen LogP contribution in [-0.2, 0) is 21.4 Å². The summed E-state index contributed by atoms with van der Waals surface area (Å²) in [4.78, 5) is 12.3. The number of benzene rings is 3. The molecule has 0 saturated carbocycles. The molecule has 0 fully saturated rings. The molecule has 3 aromatic rings. The molecule has 6 heteroatoms. The highest BCUT2D eigenvalue weighted by atomic mass is 32.2. The van der Waals surface area contributed by atoms with Crippen molar-refractivity contribution >= 4 is 32.4 Å². The molecule has 3 rings (SSSR count). The smallest absolute Gasteiger partial charge is 0.232 e. The third-order valence-electron chi connectivity index (χ3n) is 4.91. The molecule has 1 N–H and O–H groups in total. The van der Waals surface area contributed by atoms with Gasteiger partial charge in [0.25, 0.3) is 0 Å². The van der Waals surface area contributed by atoms with E-state index in [1.165, 1.54) is 10.6 Å². The number of para-hydroxylation sites is 1. The van der Waals surface area contributed by atoms with Crippen LogP contribution in [0.2, 0.25) is 0 Å². The molecule has 0 spiro atoms. The van der Waals surface area contributed by atoms with Crippen LogP contribution in [0.3, 0.4) is 0 Å². The molecule has 0 unspecified atom stereocenters. The monoisotopic (exact) mass is 410 g/mol. The first-order chi connectivity index (χ1) is 13.9. The molecule has 0 aliphatic carbocycles. The summed E-state index contributed by atoms with van der Waals surface area (Å²) in [5.74, 6) is -0.0869. The number of sulfonamides is 1. The van der Waals surface area contributed by atoms with Gasteiger partial charge in [0.05, 0.1) is 11.9 Å². The predicted molar refractivity (Wildman–Crippen MR) is 118 cm³/mol. The summed E-state index contributed by atoms with van der Waals surface area (Å²) in [7, 11) is -3.42. The van der Waals surface area contributed by atoms with Gasteiger partial charge in [0, 0.05) is 19.5 Å². The Morgan fingerprint density at radius 3 is 2.41 bits per heavy atom. The normalized spacial score (nSPS) is 11.4. The molecular formula is C23H26N2O3S. The zero-order chi connectivity index (χ0) is 20.9. The van der Waals surface area contributed by atoms with Crippen LogP contribution in [0.15, 0.2) is 66.7 Å². The van der Waals surface area contributed by atoms with E-state index in [-0.39, 0.29) is 18.9 Å². The van der Waals surface area contributed by atoms with Crippen LogP contribution in [0.4, 0.5) is 5.69 Å². The zero-order valence-electron chi connectivity index (χ0n) is 16.8. The van der Waals surface area contributed by atoms with Crippen LogP contribution in [0.1, 0.15) is 24.0 Å². The Bertz CT molecular complexity index is 1100. The van der Waals surface area contributed by atoms with E-state index >= 15 is 0 Å². The number of rotatable bonds is 8. The lowest BCUT2D eigenvalue weighted by Crippen LogP contribution is -2.32. The average Bonchev–Trinajstić information content (AvgIpc) is 2.69. The summed E-state index contributed by atoms with van der Waals surface area (Å²) in [6, 6.07) is 21.5. The molecule has 0 radical (unpaired) electrons. The topological polar surface area (TPSA) is 66.5 Å². The number of hydrogen-bond donors (Lipinski definition) is 1. The lowest BCUT2D eigenvalue weighted by atomic mass is 10.0. The summed E-state index contributed by atoms with van der Waals surface area (Å²) in [6.45, 7) is 2.60. The van der Waals surface area contributed by atoms with Gasteiger partial charge in [0.1, 0.15) is 0 Å². The van der Waals surface area contributed by atoms with Crippen LogP contribution in [0, 0.1) is 6.92 Å². The first-order valence-electron chi connectivity index (χ1n) is 9.63. The predicted octanol–water partition coefficient (Wildman–Crippen LogP) is 4.01. The fraction of sp³-hybridized carbons (Fsp3) is 0.261. The van der Waals surface area contributed by atoms with Crippen LogP contribution in [0.25, 0.3) is 10.8 Å². The largest absolute Gasteiger partial charge is 0.352 e. The third kappa shape index (κ3) is 5.35. The lowest BCUT2D eigenvalue weighted by molar-refractivity contribution is -0.121. The molecule has 29 heavy (non-hydrogen) atoms. The molecule has 0 saturated heterocycles. The Balaban J connectivity index is 1.58. The van der Waals surface area contributed by atoms with Gasteiger partial charge in [-0.15, -0.1) is 0 Å². The Hall–Kier alpha value is -2.86. The Morgan fingerprint density at radius 2 is 1.66 bits per heavy atom. The van der Waals surface area contributed by atoms with E-state index in [0.29, 0.717) is 18.7 Å². The SMILES string of the molecule is Cc1ccccc1N(CCCC(=O)NCc1cccc2ccccc12)S(C)(=O)=O. The Kier molecular flexibility index (Phi) is 6.54. The number of hydrogen-bond acceptors (Lipinski definition) is 3. The molecule has 0 aliphatic rings. The third-order valence-corrected chi connectivity index (χ3v) is 6.09. The number of carbonyl (C=O) groups is 1. The maximum absolute atomic E-state index is 12.3. The van der Waals surface area contributed by atoms with Crippen LogP contribution >= 0.6 is 0 Å². The van der Waals surface area contributed by atoms with Gasteiger partial charge in [-0.05, 0) is 41.3 Å². The second-order valence-electron chi connectivity index (χ2n) is 7.14. The number of anilines is 1. The van der Waals surface area contributed by atoms with Gasteiger partial charge >= 0.3 is 0 Å². The van der Waals surface area contributed by atoms with Crippen molar-refractivity contribution in [2.75, 3.05) is 17.1 Å². The molecule has 1 amide bonds. The average molecular weight is 411 g/mol. The number of nitrogens with zero attached hydrogens (tertiary/aromatic N) is 1. The Morgan fingerprint density at radius 1 is 0.966 bits per heavy atom. The van der Waals surface area contributed by atoms with Gasteiger partial charge in [-0.3, -0.25) is 9.10 Å². The first kappa shape index (κ1) is 20.9. The van der Waals surface area contributed by atoms with E-state index in [0.717, 1.165) is 21.9 Å². The van der Waals surface area contributed by atoms with E-state index in [9.17, 15) is 13.2 Å². The minimum absolute atomic E-state index is 0.0869. The number of aryl methyl sites for hydroxylation is 1. The molecular weight excluding hydrogens is 384 g/mol. The van der Waals surface area contributed by atoms with E-state index < -0.39 is 10.0 Å². The maximum Gasteiger partial charge on any atom is 0.232 e.